The Morgan fingerprint density at radius 3 is 2.66 bits per heavy atom. The Balaban J connectivity index is 1.74. The molecule has 4 rings (SSSR count). The van der Waals surface area contributed by atoms with E-state index in [1.54, 1.807) is 11.0 Å². The quantitative estimate of drug-likeness (QED) is 0.667. The van der Waals surface area contributed by atoms with Crippen LogP contribution in [0, 0.1) is 11.3 Å². The van der Waals surface area contributed by atoms with E-state index in [1.165, 1.54) is 16.8 Å². The Morgan fingerprint density at radius 1 is 1.34 bits per heavy atom. The lowest BCUT2D eigenvalue weighted by atomic mass is 9.93. The fraction of sp³-hybridized carbons (Fsp3) is 0.565. The highest BCUT2D eigenvalue weighted by Crippen LogP contribution is 2.29. The molecule has 0 atom stereocenters. The van der Waals surface area contributed by atoms with Crippen LogP contribution in [0.15, 0.2) is 17.1 Å². The van der Waals surface area contributed by atoms with Gasteiger partial charge in [0.25, 0.3) is 11.5 Å². The molecular weight excluding hydrogens is 410 g/mol. The summed E-state index contributed by atoms with van der Waals surface area (Å²) in [6, 6.07) is 0.0493. The van der Waals surface area contributed by atoms with Gasteiger partial charge in [-0.1, -0.05) is 27.7 Å². The molecule has 2 aliphatic rings. The van der Waals surface area contributed by atoms with Gasteiger partial charge in [0.15, 0.2) is 5.56 Å². The number of nitrogens with zero attached hydrogens (tertiary/aromatic N) is 4. The minimum atomic E-state index is -0.678. The van der Waals surface area contributed by atoms with E-state index in [1.807, 2.05) is 13.8 Å². The van der Waals surface area contributed by atoms with Crippen LogP contribution in [-0.2, 0) is 11.3 Å². The summed E-state index contributed by atoms with van der Waals surface area (Å²) in [4.78, 5) is 40.1. The normalized spacial score (nSPS) is 18.2. The fourth-order valence-electron chi connectivity index (χ4n) is 4.12. The first-order chi connectivity index (χ1) is 15.1. The minimum absolute atomic E-state index is 0.0493. The number of aromatic nitrogens is 3. The fourth-order valence-corrected chi connectivity index (χ4v) is 4.12. The van der Waals surface area contributed by atoms with Crippen LogP contribution in [0.3, 0.4) is 0 Å². The van der Waals surface area contributed by atoms with E-state index in [0.29, 0.717) is 30.8 Å². The Hall–Kier alpha value is -3.10. The summed E-state index contributed by atoms with van der Waals surface area (Å²) in [5.41, 5.74) is 0.00508. The first-order valence-corrected chi connectivity index (χ1v) is 11.2. The van der Waals surface area contributed by atoms with E-state index in [0.717, 1.165) is 23.8 Å². The zero-order chi connectivity index (χ0) is 23.2. The number of carbonyl (C=O) groups is 2. The number of likely N-dealkylation sites (tertiary alicyclic amines) is 1. The molecule has 0 bridgehead atoms. The average Bonchev–Trinajstić information content (AvgIpc) is 3.29. The lowest BCUT2D eigenvalue weighted by molar-refractivity contribution is -0.125. The van der Waals surface area contributed by atoms with Gasteiger partial charge in [-0.2, -0.15) is 9.61 Å². The van der Waals surface area contributed by atoms with Crippen LogP contribution in [-0.4, -0.2) is 55.1 Å². The van der Waals surface area contributed by atoms with Crippen molar-refractivity contribution in [2.75, 3.05) is 13.1 Å². The summed E-state index contributed by atoms with van der Waals surface area (Å²) >= 11 is 0. The number of fused-ring (bicyclic) bond motifs is 1. The largest absolute Gasteiger partial charge is 0.494 e. The van der Waals surface area contributed by atoms with Crippen molar-refractivity contribution in [3.8, 4) is 5.88 Å². The van der Waals surface area contributed by atoms with E-state index >= 15 is 0 Å². The molecule has 0 spiro atoms. The Labute approximate surface area is 186 Å². The third-order valence-corrected chi connectivity index (χ3v) is 5.99. The maximum Gasteiger partial charge on any atom is 0.291 e. The number of hydrogen-bond acceptors (Lipinski definition) is 5. The van der Waals surface area contributed by atoms with Gasteiger partial charge in [0, 0.05) is 37.3 Å². The van der Waals surface area contributed by atoms with Gasteiger partial charge in [0.05, 0.1) is 6.20 Å². The molecular formula is C23H31N5O4. The molecule has 1 saturated carbocycles. The van der Waals surface area contributed by atoms with Gasteiger partial charge >= 0.3 is 0 Å². The van der Waals surface area contributed by atoms with Gasteiger partial charge in [-0.05, 0) is 36.7 Å². The summed E-state index contributed by atoms with van der Waals surface area (Å²) in [5, 5.41) is 17.9. The molecule has 0 unspecified atom stereocenters. The van der Waals surface area contributed by atoms with Gasteiger partial charge in [-0.25, -0.2) is 0 Å². The second kappa shape index (κ2) is 8.11. The predicted molar refractivity (Wildman–Crippen MR) is 120 cm³/mol. The molecule has 32 heavy (non-hydrogen) atoms. The van der Waals surface area contributed by atoms with Crippen LogP contribution in [0.5, 0.6) is 5.88 Å². The van der Waals surface area contributed by atoms with Gasteiger partial charge in [-0.15, -0.1) is 0 Å². The second-order valence-electron chi connectivity index (χ2n) is 10.1. The second-order valence-corrected chi connectivity index (χ2v) is 10.1. The van der Waals surface area contributed by atoms with E-state index in [4.69, 9.17) is 0 Å². The van der Waals surface area contributed by atoms with Gasteiger partial charge in [-0.3, -0.25) is 19.0 Å². The van der Waals surface area contributed by atoms with E-state index in [9.17, 15) is 19.5 Å². The monoisotopic (exact) mass is 441 g/mol. The van der Waals surface area contributed by atoms with Gasteiger partial charge in [0.1, 0.15) is 5.65 Å². The lowest BCUT2D eigenvalue weighted by Gasteiger charge is -2.18. The number of rotatable bonds is 6. The SMILES string of the molecule is CC(C)Cn1c(O)c(C(=O)NC2CC2)c(=O)n2ncc(C=CC(=O)N3CCC(C)(C)C3)c12. The summed E-state index contributed by atoms with van der Waals surface area (Å²) in [6.07, 6.45) is 7.27. The van der Waals surface area contributed by atoms with Crippen LogP contribution in [0.4, 0.5) is 0 Å². The average molecular weight is 442 g/mol. The van der Waals surface area contributed by atoms with Crippen molar-refractivity contribution in [3.05, 3.63) is 33.8 Å². The molecule has 2 fully saturated rings. The van der Waals surface area contributed by atoms with E-state index in [-0.39, 0.29) is 34.7 Å². The number of nitrogens with one attached hydrogen (secondary N) is 1. The molecule has 172 valence electrons. The highest BCUT2D eigenvalue weighted by Gasteiger charge is 2.32. The van der Waals surface area contributed by atoms with Gasteiger partial charge in [0.2, 0.25) is 11.8 Å². The molecule has 1 saturated heterocycles. The van der Waals surface area contributed by atoms with E-state index < -0.39 is 11.5 Å². The number of carbonyl (C=O) groups excluding carboxylic acids is 2. The molecule has 3 heterocycles. The van der Waals surface area contributed by atoms with Crippen molar-refractivity contribution >= 4 is 23.5 Å². The highest BCUT2D eigenvalue weighted by atomic mass is 16.3. The Bertz CT molecular complexity index is 1150. The summed E-state index contributed by atoms with van der Waals surface area (Å²) in [7, 11) is 0. The zero-order valence-corrected chi connectivity index (χ0v) is 19.1. The number of amides is 2. The summed E-state index contributed by atoms with van der Waals surface area (Å²) in [5.74, 6) is -0.935. The summed E-state index contributed by atoms with van der Waals surface area (Å²) < 4.78 is 2.66. The van der Waals surface area contributed by atoms with Crippen LogP contribution in [0.1, 0.15) is 62.9 Å². The van der Waals surface area contributed by atoms with Crippen LogP contribution < -0.4 is 10.9 Å². The molecule has 0 aromatic carbocycles. The molecule has 9 nitrogen and oxygen atoms in total. The molecule has 9 heteroatoms. The topological polar surface area (TPSA) is 109 Å². The molecule has 2 aromatic rings. The Morgan fingerprint density at radius 2 is 2.06 bits per heavy atom. The van der Waals surface area contributed by atoms with Crippen molar-refractivity contribution in [1.29, 1.82) is 0 Å². The molecule has 1 aliphatic heterocycles. The maximum absolute atomic E-state index is 13.0. The first-order valence-electron chi connectivity index (χ1n) is 11.2. The summed E-state index contributed by atoms with van der Waals surface area (Å²) in [6.45, 7) is 10.0. The van der Waals surface area contributed by atoms with Crippen molar-refractivity contribution in [1.82, 2.24) is 24.4 Å². The van der Waals surface area contributed by atoms with Crippen molar-refractivity contribution < 1.29 is 14.7 Å². The lowest BCUT2D eigenvalue weighted by Crippen LogP contribution is -2.34. The molecule has 2 N–H and O–H groups in total. The Kier molecular flexibility index (Phi) is 5.60. The van der Waals surface area contributed by atoms with Crippen LogP contribution in [0.2, 0.25) is 0 Å². The molecule has 0 radical (unpaired) electrons. The highest BCUT2D eigenvalue weighted by molar-refractivity contribution is 5.97. The standard InChI is InChI=1S/C23H31N5O4/c1-14(2)12-27-20-15(5-8-17(29)26-10-9-23(3,4)13-26)11-24-28(20)22(32)18(21(27)31)19(30)25-16-6-7-16/h5,8,11,14,16,31H,6-7,9-10,12-13H2,1-4H3,(H,25,30). The van der Waals surface area contributed by atoms with Crippen molar-refractivity contribution in [2.24, 2.45) is 11.3 Å². The number of hydrogen-bond donors (Lipinski definition) is 2. The van der Waals surface area contributed by atoms with Crippen LogP contribution >= 0.6 is 0 Å². The van der Waals surface area contributed by atoms with Crippen molar-refractivity contribution in [3.63, 3.8) is 0 Å². The van der Waals surface area contributed by atoms with Gasteiger partial charge < -0.3 is 15.3 Å². The third-order valence-electron chi connectivity index (χ3n) is 5.99. The first kappa shape index (κ1) is 22.1. The predicted octanol–water partition coefficient (Wildman–Crippen LogP) is 2.02. The molecule has 2 amide bonds. The maximum atomic E-state index is 13.0. The number of aromatic hydroxyl groups is 1. The van der Waals surface area contributed by atoms with E-state index in [2.05, 4.69) is 24.3 Å². The third kappa shape index (κ3) is 4.28. The molecule has 1 aliphatic carbocycles. The zero-order valence-electron chi connectivity index (χ0n) is 19.1. The smallest absolute Gasteiger partial charge is 0.291 e. The van der Waals surface area contributed by atoms with Crippen molar-refractivity contribution in [2.45, 2.75) is 59.5 Å². The van der Waals surface area contributed by atoms with Crippen LogP contribution in [0.25, 0.3) is 11.7 Å². The molecule has 2 aromatic heterocycles. The minimum Gasteiger partial charge on any atom is -0.494 e.